The van der Waals surface area contributed by atoms with Crippen LogP contribution in [0.1, 0.15) is 13.8 Å². The van der Waals surface area contributed by atoms with Crippen molar-refractivity contribution in [2.24, 2.45) is 10.9 Å². The predicted molar refractivity (Wildman–Crippen MR) is 159 cm³/mol. The maximum Gasteiger partial charge on any atom is 0.573 e. The number of hydrogen-bond donors (Lipinski definition) is 2. The summed E-state index contributed by atoms with van der Waals surface area (Å²) in [5.41, 5.74) is 2.13. The van der Waals surface area contributed by atoms with Crippen molar-refractivity contribution >= 4 is 40.3 Å². The van der Waals surface area contributed by atoms with Crippen molar-refractivity contribution in [3.8, 4) is 28.6 Å². The molecular weight excluding hydrogens is 601 g/mol. The van der Waals surface area contributed by atoms with Crippen LogP contribution in [-0.2, 0) is 9.53 Å². The van der Waals surface area contributed by atoms with Crippen LogP contribution in [0.15, 0.2) is 84.1 Å². The van der Waals surface area contributed by atoms with E-state index in [2.05, 4.69) is 30.4 Å². The van der Waals surface area contributed by atoms with E-state index in [4.69, 9.17) is 9.47 Å². The number of halogens is 3. The molecule has 1 heterocycles. The third-order valence-corrected chi connectivity index (χ3v) is 6.32. The normalized spacial score (nSPS) is 11.7. The fourth-order valence-electron chi connectivity index (χ4n) is 3.46. The van der Waals surface area contributed by atoms with E-state index in [1.165, 1.54) is 35.3 Å². The fraction of sp³-hybridized carbons (Fsp3) is 0.207. The van der Waals surface area contributed by atoms with E-state index in [1.54, 1.807) is 69.5 Å². The van der Waals surface area contributed by atoms with Crippen molar-refractivity contribution in [1.82, 2.24) is 20.1 Å². The number of anilines is 1. The molecule has 4 aromatic rings. The Labute approximate surface area is 254 Å². The van der Waals surface area contributed by atoms with Gasteiger partial charge in [-0.3, -0.25) is 10.1 Å². The number of rotatable bonds is 9. The van der Waals surface area contributed by atoms with Crippen molar-refractivity contribution in [1.29, 1.82) is 0 Å². The van der Waals surface area contributed by atoms with Gasteiger partial charge in [-0.2, -0.15) is 0 Å². The summed E-state index contributed by atoms with van der Waals surface area (Å²) < 4.78 is 52.9. The Bertz CT molecular complexity index is 1590. The molecule has 0 unspecified atom stereocenters. The van der Waals surface area contributed by atoms with E-state index < -0.39 is 12.4 Å². The van der Waals surface area contributed by atoms with Gasteiger partial charge >= 0.3 is 18.4 Å². The van der Waals surface area contributed by atoms with Crippen molar-refractivity contribution in [3.05, 3.63) is 79.1 Å². The van der Waals surface area contributed by atoms with Gasteiger partial charge < -0.3 is 19.5 Å². The summed E-state index contributed by atoms with van der Waals surface area (Å²) in [7, 11) is 1.55. The molecule has 15 heteroatoms. The molecule has 2 N–H and O–H groups in total. The summed E-state index contributed by atoms with van der Waals surface area (Å²) in [6.45, 7) is 3.44. The van der Waals surface area contributed by atoms with Gasteiger partial charge in [0.05, 0.1) is 24.4 Å². The van der Waals surface area contributed by atoms with E-state index in [0.29, 0.717) is 34.2 Å². The molecule has 0 saturated carbocycles. The van der Waals surface area contributed by atoms with Crippen LogP contribution in [0.2, 0.25) is 0 Å². The Hall–Kier alpha value is -5.05. The maximum atomic E-state index is 12.8. The Kier molecular flexibility index (Phi) is 10.4. The quantitative estimate of drug-likeness (QED) is 0.0926. The summed E-state index contributed by atoms with van der Waals surface area (Å²) in [6, 6.07) is 18.2. The second-order valence-corrected chi connectivity index (χ2v) is 10.1. The molecule has 0 spiro atoms. The first-order valence-corrected chi connectivity index (χ1v) is 14.0. The van der Waals surface area contributed by atoms with Crippen molar-refractivity contribution in [2.45, 2.75) is 20.2 Å². The zero-order valence-corrected chi connectivity index (χ0v) is 24.5. The van der Waals surface area contributed by atoms with Gasteiger partial charge in [-0.05, 0) is 84.6 Å². The van der Waals surface area contributed by atoms with Gasteiger partial charge in [0.2, 0.25) is 0 Å². The maximum absolute atomic E-state index is 12.8. The number of methoxy groups -OCH3 is 1. The number of carbonyl (C=O) groups is 2. The minimum absolute atomic E-state index is 0.0495. The Morgan fingerprint density at radius 3 is 2.25 bits per heavy atom. The van der Waals surface area contributed by atoms with E-state index in [1.807, 2.05) is 0 Å². The molecule has 1 aromatic heterocycles. The van der Waals surface area contributed by atoms with Crippen LogP contribution in [0.4, 0.5) is 29.3 Å². The third kappa shape index (κ3) is 9.49. The van der Waals surface area contributed by atoms with Gasteiger partial charge in [-0.15, -0.1) is 18.3 Å². The zero-order valence-electron chi connectivity index (χ0n) is 23.7. The first-order chi connectivity index (χ1) is 21.0. The number of alkyl halides is 3. The summed E-state index contributed by atoms with van der Waals surface area (Å²) >= 11 is 1.04. The highest BCUT2D eigenvalue weighted by Gasteiger charge is 2.31. The number of amidine groups is 1. The van der Waals surface area contributed by atoms with E-state index in [0.717, 1.165) is 11.8 Å². The molecule has 44 heavy (non-hydrogen) atoms. The average Bonchev–Trinajstić information content (AvgIpc) is 3.48. The number of carbonyl (C=O) groups excluding carboxylic acids is 2. The van der Waals surface area contributed by atoms with Crippen LogP contribution in [0.25, 0.3) is 17.1 Å². The van der Waals surface area contributed by atoms with Crippen LogP contribution < -0.4 is 20.1 Å². The minimum Gasteiger partial charge on any atom is -0.497 e. The summed E-state index contributed by atoms with van der Waals surface area (Å²) in [6.07, 6.45) is -3.35. The lowest BCUT2D eigenvalue weighted by atomic mass is 10.2. The highest BCUT2D eigenvalue weighted by Crippen LogP contribution is 2.25. The number of nitrogens with one attached hydrogen (secondary N) is 2. The first kappa shape index (κ1) is 31.9. The molecule has 3 aromatic carbocycles. The number of aromatic nitrogens is 3. The lowest BCUT2D eigenvalue weighted by Gasteiger charge is -2.11. The number of benzene rings is 3. The molecule has 0 aliphatic heterocycles. The van der Waals surface area contributed by atoms with Crippen molar-refractivity contribution in [3.63, 3.8) is 0 Å². The standard InChI is InChI=1S/C29H27F3N6O5S/c1-18(2)26(39)42-17-44-28(35-21-8-12-23(41-3)13-9-21)36-27(40)34-20-6-4-19(5-7-20)25-33-16-38(37-25)22-10-14-24(15-11-22)43-29(30,31)32/h4-16,18H,17H2,1-3H3,(H2,34,35,36,40). The van der Waals surface area contributed by atoms with Crippen LogP contribution in [0, 0.1) is 5.92 Å². The highest BCUT2D eigenvalue weighted by atomic mass is 32.2. The average molecular weight is 629 g/mol. The lowest BCUT2D eigenvalue weighted by molar-refractivity contribution is -0.274. The Balaban J connectivity index is 1.39. The molecule has 0 fully saturated rings. The summed E-state index contributed by atoms with van der Waals surface area (Å²) in [5, 5.41) is 9.96. The van der Waals surface area contributed by atoms with Crippen LogP contribution in [0.3, 0.4) is 0 Å². The summed E-state index contributed by atoms with van der Waals surface area (Å²) in [5.74, 6) is -0.0631. The van der Waals surface area contributed by atoms with Gasteiger partial charge in [-0.25, -0.2) is 19.5 Å². The van der Waals surface area contributed by atoms with E-state index >= 15 is 0 Å². The van der Waals surface area contributed by atoms with E-state index in [-0.39, 0.29) is 28.7 Å². The molecular formula is C29H27F3N6O5S. The SMILES string of the molecule is COc1ccc(N=C(NC(=O)Nc2ccc(-c3ncn(-c4ccc(OC(F)(F)F)cc4)n3)cc2)SCOC(=O)C(C)C)cc1. The molecule has 4 rings (SSSR count). The molecule has 0 saturated heterocycles. The topological polar surface area (TPSA) is 129 Å². The lowest BCUT2D eigenvalue weighted by Crippen LogP contribution is -2.33. The number of amides is 2. The van der Waals surface area contributed by atoms with Gasteiger partial charge in [0, 0.05) is 11.3 Å². The third-order valence-electron chi connectivity index (χ3n) is 5.62. The number of thioether (sulfide) groups is 1. The van der Waals surface area contributed by atoms with E-state index in [9.17, 15) is 22.8 Å². The molecule has 0 aliphatic carbocycles. The van der Waals surface area contributed by atoms with Gasteiger partial charge in [0.1, 0.15) is 23.8 Å². The van der Waals surface area contributed by atoms with Crippen molar-refractivity contribution in [2.75, 3.05) is 18.4 Å². The largest absolute Gasteiger partial charge is 0.573 e. The second-order valence-electron chi connectivity index (χ2n) is 9.21. The summed E-state index contributed by atoms with van der Waals surface area (Å²) in [4.78, 5) is 33.3. The Morgan fingerprint density at radius 1 is 0.977 bits per heavy atom. The van der Waals surface area contributed by atoms with Crippen LogP contribution in [0.5, 0.6) is 11.5 Å². The van der Waals surface area contributed by atoms with Gasteiger partial charge in [0.25, 0.3) is 0 Å². The number of aliphatic imine (C=N–C) groups is 1. The smallest absolute Gasteiger partial charge is 0.497 e. The predicted octanol–water partition coefficient (Wildman–Crippen LogP) is 6.54. The molecule has 2 amide bonds. The fourth-order valence-corrected chi connectivity index (χ4v) is 4.08. The number of ether oxygens (including phenoxy) is 3. The number of esters is 1. The monoisotopic (exact) mass is 628 g/mol. The molecule has 230 valence electrons. The molecule has 0 bridgehead atoms. The number of nitrogens with zero attached hydrogens (tertiary/aromatic N) is 4. The van der Waals surface area contributed by atoms with Crippen LogP contribution in [-0.4, -0.2) is 51.3 Å². The minimum atomic E-state index is -4.78. The number of hydrogen-bond acceptors (Lipinski definition) is 9. The van der Waals surface area contributed by atoms with Crippen molar-refractivity contribution < 1.29 is 37.0 Å². The van der Waals surface area contributed by atoms with Crippen LogP contribution >= 0.6 is 11.8 Å². The molecule has 11 nitrogen and oxygen atoms in total. The Morgan fingerprint density at radius 2 is 1.64 bits per heavy atom. The molecule has 0 atom stereocenters. The molecule has 0 radical (unpaired) electrons. The number of urea groups is 1. The second kappa shape index (κ2) is 14.4. The highest BCUT2D eigenvalue weighted by molar-refractivity contribution is 8.13. The van der Waals surface area contributed by atoms with Gasteiger partial charge in [-0.1, -0.05) is 13.8 Å². The zero-order chi connectivity index (χ0) is 31.7. The first-order valence-electron chi connectivity index (χ1n) is 13.0. The van der Waals surface area contributed by atoms with Gasteiger partial charge in [0.15, 0.2) is 11.0 Å². The molecule has 0 aliphatic rings.